The smallest absolute Gasteiger partial charge is 0.274 e. The number of fused-ring (bicyclic) bond motifs is 1. The number of para-hydroxylation sites is 2. The van der Waals surface area contributed by atoms with Crippen molar-refractivity contribution < 1.29 is 19.0 Å². The van der Waals surface area contributed by atoms with E-state index in [9.17, 15) is 4.79 Å². The quantitative estimate of drug-likeness (QED) is 0.604. The van der Waals surface area contributed by atoms with Gasteiger partial charge in [-0.1, -0.05) is 18.2 Å². The molecule has 1 aromatic heterocycles. The Morgan fingerprint density at radius 2 is 1.61 bits per heavy atom. The van der Waals surface area contributed by atoms with Crippen LogP contribution in [0.25, 0.3) is 11.0 Å². The van der Waals surface area contributed by atoms with Gasteiger partial charge in [-0.3, -0.25) is 14.7 Å². The van der Waals surface area contributed by atoms with Gasteiger partial charge in [0, 0.05) is 38.3 Å². The highest BCUT2D eigenvalue weighted by molar-refractivity contribution is 5.93. The highest BCUT2D eigenvalue weighted by atomic mass is 16.5. The van der Waals surface area contributed by atoms with Crippen LogP contribution in [-0.4, -0.2) is 73.2 Å². The summed E-state index contributed by atoms with van der Waals surface area (Å²) < 4.78 is 16.4. The normalized spacial score (nSPS) is 14.5. The molecule has 0 unspecified atom stereocenters. The molecule has 1 aliphatic heterocycles. The van der Waals surface area contributed by atoms with Crippen molar-refractivity contribution in [1.29, 1.82) is 0 Å². The number of piperazine rings is 1. The molecule has 0 bridgehead atoms. The first-order chi connectivity index (χ1) is 15.1. The van der Waals surface area contributed by atoms with Crippen molar-refractivity contribution in [3.63, 3.8) is 0 Å². The predicted molar refractivity (Wildman–Crippen MR) is 117 cm³/mol. The van der Waals surface area contributed by atoms with Crippen LogP contribution in [0.15, 0.2) is 42.6 Å². The lowest BCUT2D eigenvalue weighted by Gasteiger charge is -2.34. The number of rotatable bonds is 6. The molecule has 0 spiro atoms. The molecule has 1 saturated heterocycles. The van der Waals surface area contributed by atoms with Crippen LogP contribution < -0.4 is 14.2 Å². The van der Waals surface area contributed by atoms with Crippen LogP contribution >= 0.6 is 0 Å². The van der Waals surface area contributed by atoms with Gasteiger partial charge in [0.1, 0.15) is 5.69 Å². The van der Waals surface area contributed by atoms with Crippen LogP contribution in [0.2, 0.25) is 0 Å². The summed E-state index contributed by atoms with van der Waals surface area (Å²) >= 11 is 0. The first-order valence-electron chi connectivity index (χ1n) is 10.2. The van der Waals surface area contributed by atoms with Gasteiger partial charge in [0.2, 0.25) is 5.75 Å². The Labute approximate surface area is 181 Å². The molecule has 0 aliphatic carbocycles. The lowest BCUT2D eigenvalue weighted by atomic mass is 10.1. The molecule has 0 N–H and O–H groups in total. The topological polar surface area (TPSA) is 77.0 Å². The van der Waals surface area contributed by atoms with Crippen molar-refractivity contribution in [3.05, 3.63) is 53.9 Å². The number of nitrogens with zero attached hydrogens (tertiary/aromatic N) is 4. The molecule has 1 amide bonds. The highest BCUT2D eigenvalue weighted by Gasteiger charge is 2.25. The molecule has 0 saturated carbocycles. The van der Waals surface area contributed by atoms with Crippen molar-refractivity contribution in [2.45, 2.75) is 6.54 Å². The van der Waals surface area contributed by atoms with Gasteiger partial charge >= 0.3 is 0 Å². The van der Waals surface area contributed by atoms with Gasteiger partial charge in [0.25, 0.3) is 5.91 Å². The molecule has 4 rings (SSSR count). The fraction of sp³-hybridized carbons (Fsp3) is 0.348. The van der Waals surface area contributed by atoms with E-state index >= 15 is 0 Å². The van der Waals surface area contributed by atoms with Crippen LogP contribution in [0.4, 0.5) is 0 Å². The van der Waals surface area contributed by atoms with Crippen LogP contribution in [0, 0.1) is 0 Å². The number of hydrogen-bond donors (Lipinski definition) is 0. The van der Waals surface area contributed by atoms with E-state index in [1.165, 1.54) is 0 Å². The maximum atomic E-state index is 12.9. The van der Waals surface area contributed by atoms with E-state index in [1.54, 1.807) is 27.5 Å². The zero-order chi connectivity index (χ0) is 21.8. The van der Waals surface area contributed by atoms with Gasteiger partial charge < -0.3 is 19.1 Å². The Kier molecular flexibility index (Phi) is 6.18. The number of benzene rings is 2. The summed E-state index contributed by atoms with van der Waals surface area (Å²) in [5.41, 5.74) is 2.91. The fourth-order valence-electron chi connectivity index (χ4n) is 3.86. The standard InChI is InChI=1S/C23H26N4O4/c1-29-20-9-8-16(21(30-2)22(20)31-3)15-26-10-12-27(13-11-26)23(28)19-14-24-17-6-4-5-7-18(17)25-19/h4-9,14H,10-13,15H2,1-3H3. The lowest BCUT2D eigenvalue weighted by molar-refractivity contribution is 0.0621. The summed E-state index contributed by atoms with van der Waals surface area (Å²) in [6.45, 7) is 3.46. The number of aromatic nitrogens is 2. The molecule has 3 aromatic rings. The molecular formula is C23H26N4O4. The molecule has 1 fully saturated rings. The SMILES string of the molecule is COc1ccc(CN2CCN(C(=O)c3cnc4ccccc4n3)CC2)c(OC)c1OC. The summed E-state index contributed by atoms with van der Waals surface area (Å²) in [5.74, 6) is 1.81. The Hall–Kier alpha value is -3.39. The van der Waals surface area contributed by atoms with Crippen LogP contribution in [0.1, 0.15) is 16.1 Å². The molecule has 31 heavy (non-hydrogen) atoms. The van der Waals surface area contributed by atoms with E-state index < -0.39 is 0 Å². The third kappa shape index (κ3) is 4.25. The monoisotopic (exact) mass is 422 g/mol. The van der Waals surface area contributed by atoms with Gasteiger partial charge in [-0.25, -0.2) is 4.98 Å². The predicted octanol–water partition coefficient (Wildman–Crippen LogP) is 2.61. The van der Waals surface area contributed by atoms with Gasteiger partial charge in [-0.05, 0) is 18.2 Å². The van der Waals surface area contributed by atoms with Gasteiger partial charge in [-0.2, -0.15) is 0 Å². The van der Waals surface area contributed by atoms with E-state index in [0.29, 0.717) is 42.6 Å². The lowest BCUT2D eigenvalue weighted by Crippen LogP contribution is -2.48. The van der Waals surface area contributed by atoms with Crippen molar-refractivity contribution in [3.8, 4) is 17.2 Å². The van der Waals surface area contributed by atoms with E-state index in [0.717, 1.165) is 29.7 Å². The first kappa shape index (κ1) is 20.9. The minimum atomic E-state index is -0.0819. The van der Waals surface area contributed by atoms with Gasteiger partial charge in [0.15, 0.2) is 11.5 Å². The maximum absolute atomic E-state index is 12.9. The molecular weight excluding hydrogens is 396 g/mol. The van der Waals surface area contributed by atoms with Crippen molar-refractivity contribution in [2.24, 2.45) is 0 Å². The average Bonchev–Trinajstić information content (AvgIpc) is 2.83. The second-order valence-corrected chi connectivity index (χ2v) is 7.31. The molecule has 8 heteroatoms. The van der Waals surface area contributed by atoms with E-state index in [4.69, 9.17) is 14.2 Å². The summed E-state index contributed by atoms with van der Waals surface area (Å²) in [7, 11) is 4.83. The van der Waals surface area contributed by atoms with E-state index in [1.807, 2.05) is 41.3 Å². The van der Waals surface area contributed by atoms with E-state index in [-0.39, 0.29) is 5.91 Å². The second kappa shape index (κ2) is 9.18. The van der Waals surface area contributed by atoms with Gasteiger partial charge in [-0.15, -0.1) is 0 Å². The zero-order valence-corrected chi connectivity index (χ0v) is 18.0. The largest absolute Gasteiger partial charge is 0.493 e. The summed E-state index contributed by atoms with van der Waals surface area (Å²) in [5, 5.41) is 0. The molecule has 2 aromatic carbocycles. The average molecular weight is 422 g/mol. The van der Waals surface area contributed by atoms with Crippen molar-refractivity contribution in [2.75, 3.05) is 47.5 Å². The Morgan fingerprint density at radius 3 is 2.29 bits per heavy atom. The molecule has 8 nitrogen and oxygen atoms in total. The number of amides is 1. The van der Waals surface area contributed by atoms with Crippen LogP contribution in [-0.2, 0) is 6.54 Å². The Bertz CT molecular complexity index is 1080. The number of ether oxygens (including phenoxy) is 3. The Morgan fingerprint density at radius 1 is 0.903 bits per heavy atom. The third-order valence-corrected chi connectivity index (χ3v) is 5.51. The zero-order valence-electron chi connectivity index (χ0n) is 18.0. The van der Waals surface area contributed by atoms with E-state index in [2.05, 4.69) is 14.9 Å². The van der Waals surface area contributed by atoms with Crippen molar-refractivity contribution in [1.82, 2.24) is 19.8 Å². The van der Waals surface area contributed by atoms with Crippen molar-refractivity contribution >= 4 is 16.9 Å². The molecule has 162 valence electrons. The van der Waals surface area contributed by atoms with Gasteiger partial charge in [0.05, 0.1) is 38.6 Å². The summed E-state index contributed by atoms with van der Waals surface area (Å²) in [6.07, 6.45) is 1.56. The molecule has 1 aliphatic rings. The fourth-order valence-corrected chi connectivity index (χ4v) is 3.86. The minimum absolute atomic E-state index is 0.0819. The van der Waals surface area contributed by atoms with Crippen LogP contribution in [0.3, 0.4) is 0 Å². The summed E-state index contributed by atoms with van der Waals surface area (Å²) in [6, 6.07) is 11.4. The summed E-state index contributed by atoms with van der Waals surface area (Å²) in [4.78, 5) is 25.9. The number of carbonyl (C=O) groups excluding carboxylic acids is 1. The minimum Gasteiger partial charge on any atom is -0.493 e. The second-order valence-electron chi connectivity index (χ2n) is 7.31. The number of hydrogen-bond acceptors (Lipinski definition) is 7. The van der Waals surface area contributed by atoms with Crippen LogP contribution in [0.5, 0.6) is 17.2 Å². The Balaban J connectivity index is 1.42. The first-order valence-corrected chi connectivity index (χ1v) is 10.2. The highest BCUT2D eigenvalue weighted by Crippen LogP contribution is 2.40. The third-order valence-electron chi connectivity index (χ3n) is 5.51. The molecule has 0 atom stereocenters. The number of carbonyl (C=O) groups is 1. The maximum Gasteiger partial charge on any atom is 0.274 e. The number of methoxy groups -OCH3 is 3. The molecule has 0 radical (unpaired) electrons. The molecule has 2 heterocycles.